The van der Waals surface area contributed by atoms with Crippen LogP contribution in [0.15, 0.2) is 28.7 Å². The molecule has 0 radical (unpaired) electrons. The van der Waals surface area contributed by atoms with Crippen LogP contribution >= 0.6 is 0 Å². The van der Waals surface area contributed by atoms with Gasteiger partial charge in [0.2, 0.25) is 11.8 Å². The maximum atomic E-state index is 10.6. The molecule has 0 amide bonds. The molecular weight excluding hydrogens is 256 g/mol. The van der Waals surface area contributed by atoms with Crippen molar-refractivity contribution in [1.82, 2.24) is 10.2 Å². The van der Waals surface area contributed by atoms with Gasteiger partial charge in [0.15, 0.2) is 6.04 Å². The second-order valence-electron chi connectivity index (χ2n) is 3.57. The molecule has 9 heteroatoms. The van der Waals surface area contributed by atoms with E-state index in [-0.39, 0.29) is 17.5 Å². The standard InChI is InChI=1S/C10H8N4O5/c11-7(10(15)16)9-13-12-8(19-9)5-2-1-3-6(4-5)14(17)18/h1-4,7H,11H2,(H,15,16). The van der Waals surface area contributed by atoms with Crippen LogP contribution in [-0.4, -0.2) is 26.2 Å². The van der Waals surface area contributed by atoms with E-state index >= 15 is 0 Å². The monoisotopic (exact) mass is 264 g/mol. The van der Waals surface area contributed by atoms with E-state index in [1.54, 1.807) is 0 Å². The van der Waals surface area contributed by atoms with Crippen molar-refractivity contribution in [2.45, 2.75) is 6.04 Å². The van der Waals surface area contributed by atoms with Gasteiger partial charge < -0.3 is 15.3 Å². The minimum Gasteiger partial charge on any atom is -0.480 e. The number of hydrogen-bond donors (Lipinski definition) is 2. The van der Waals surface area contributed by atoms with Crippen molar-refractivity contribution in [2.24, 2.45) is 5.73 Å². The first-order chi connectivity index (χ1) is 8.99. The predicted octanol–water partition coefficient (Wildman–Crippen LogP) is 0.729. The lowest BCUT2D eigenvalue weighted by molar-refractivity contribution is -0.384. The number of nitrogens with two attached hydrogens (primary N) is 1. The highest BCUT2D eigenvalue weighted by atomic mass is 16.6. The molecular formula is C10H8N4O5. The molecule has 2 rings (SSSR count). The third-order valence-electron chi connectivity index (χ3n) is 2.28. The van der Waals surface area contributed by atoms with E-state index in [2.05, 4.69) is 10.2 Å². The summed E-state index contributed by atoms with van der Waals surface area (Å²) in [7, 11) is 0. The Morgan fingerprint density at radius 3 is 2.84 bits per heavy atom. The molecule has 0 saturated carbocycles. The normalized spacial score (nSPS) is 12.1. The number of carbonyl (C=O) groups is 1. The molecule has 2 aromatic rings. The molecule has 9 nitrogen and oxygen atoms in total. The quantitative estimate of drug-likeness (QED) is 0.606. The number of non-ortho nitro benzene ring substituents is 1. The van der Waals surface area contributed by atoms with Crippen LogP contribution in [0.4, 0.5) is 5.69 Å². The van der Waals surface area contributed by atoms with Crippen LogP contribution in [0.3, 0.4) is 0 Å². The van der Waals surface area contributed by atoms with Crippen LogP contribution in [0.2, 0.25) is 0 Å². The maximum absolute atomic E-state index is 10.6. The number of nitro benzene ring substituents is 1. The summed E-state index contributed by atoms with van der Waals surface area (Å²) in [6.45, 7) is 0. The third kappa shape index (κ3) is 2.55. The maximum Gasteiger partial charge on any atom is 0.330 e. The van der Waals surface area contributed by atoms with Crippen molar-refractivity contribution in [3.8, 4) is 11.5 Å². The van der Waals surface area contributed by atoms with Gasteiger partial charge in [0.25, 0.3) is 5.69 Å². The fraction of sp³-hybridized carbons (Fsp3) is 0.100. The van der Waals surface area contributed by atoms with E-state index in [1.165, 1.54) is 24.3 Å². The molecule has 0 aliphatic rings. The van der Waals surface area contributed by atoms with Gasteiger partial charge in [-0.25, -0.2) is 4.79 Å². The Labute approximate surface area is 105 Å². The highest BCUT2D eigenvalue weighted by Crippen LogP contribution is 2.23. The average Bonchev–Trinajstić information content (AvgIpc) is 2.87. The largest absolute Gasteiger partial charge is 0.480 e. The van der Waals surface area contributed by atoms with E-state index in [4.69, 9.17) is 15.3 Å². The SMILES string of the molecule is NC(C(=O)O)c1nnc(-c2cccc([N+](=O)[O-])c2)o1. The average molecular weight is 264 g/mol. The Morgan fingerprint density at radius 1 is 1.47 bits per heavy atom. The first-order valence-corrected chi connectivity index (χ1v) is 5.05. The Hall–Kier alpha value is -2.81. The van der Waals surface area contributed by atoms with Crippen LogP contribution in [0.25, 0.3) is 11.5 Å². The molecule has 1 unspecified atom stereocenters. The van der Waals surface area contributed by atoms with E-state index in [9.17, 15) is 14.9 Å². The summed E-state index contributed by atoms with van der Waals surface area (Å²) in [6, 6.07) is 4.10. The van der Waals surface area contributed by atoms with E-state index in [1.807, 2.05) is 0 Å². The minimum atomic E-state index is -1.43. The van der Waals surface area contributed by atoms with E-state index in [0.717, 1.165) is 0 Å². The van der Waals surface area contributed by atoms with Crippen LogP contribution in [-0.2, 0) is 4.79 Å². The predicted molar refractivity (Wildman–Crippen MR) is 61.0 cm³/mol. The molecule has 3 N–H and O–H groups in total. The lowest BCUT2D eigenvalue weighted by Gasteiger charge is -1.98. The van der Waals surface area contributed by atoms with Crippen molar-refractivity contribution in [3.63, 3.8) is 0 Å². The third-order valence-corrected chi connectivity index (χ3v) is 2.28. The number of rotatable bonds is 4. The fourth-order valence-corrected chi connectivity index (χ4v) is 1.34. The van der Waals surface area contributed by atoms with Gasteiger partial charge in [-0.2, -0.15) is 0 Å². The van der Waals surface area contributed by atoms with E-state index < -0.39 is 16.9 Å². The molecule has 1 heterocycles. The van der Waals surface area contributed by atoms with Crippen molar-refractivity contribution in [3.05, 3.63) is 40.3 Å². The van der Waals surface area contributed by atoms with Crippen LogP contribution in [0.5, 0.6) is 0 Å². The summed E-state index contributed by atoms with van der Waals surface area (Å²) < 4.78 is 5.08. The number of aromatic nitrogens is 2. The van der Waals surface area contributed by atoms with Crippen molar-refractivity contribution >= 4 is 11.7 Å². The lowest BCUT2D eigenvalue weighted by atomic mass is 10.2. The second kappa shape index (κ2) is 4.82. The number of aliphatic carboxylic acids is 1. The molecule has 0 saturated heterocycles. The summed E-state index contributed by atoms with van der Waals surface area (Å²) in [5.41, 5.74) is 5.47. The Balaban J connectivity index is 2.35. The zero-order valence-corrected chi connectivity index (χ0v) is 9.39. The van der Waals surface area contributed by atoms with Crippen molar-refractivity contribution in [2.75, 3.05) is 0 Å². The minimum absolute atomic E-state index is 0.0320. The molecule has 0 aliphatic heterocycles. The summed E-state index contributed by atoms with van der Waals surface area (Å²) in [6.07, 6.45) is 0. The van der Waals surface area contributed by atoms with Gasteiger partial charge in [-0.05, 0) is 6.07 Å². The Kier molecular flexibility index (Phi) is 3.21. The van der Waals surface area contributed by atoms with Gasteiger partial charge in [-0.15, -0.1) is 10.2 Å². The molecule has 0 spiro atoms. The van der Waals surface area contributed by atoms with Gasteiger partial charge in [0.05, 0.1) is 4.92 Å². The summed E-state index contributed by atoms with van der Waals surface area (Å²) in [5.74, 6) is -1.61. The fourth-order valence-electron chi connectivity index (χ4n) is 1.34. The molecule has 0 aliphatic carbocycles. The number of carboxylic acid groups (broad SMARTS) is 1. The van der Waals surface area contributed by atoms with E-state index in [0.29, 0.717) is 5.56 Å². The Morgan fingerprint density at radius 2 is 2.21 bits per heavy atom. The molecule has 19 heavy (non-hydrogen) atoms. The van der Waals surface area contributed by atoms with Crippen molar-refractivity contribution < 1.29 is 19.2 Å². The highest BCUT2D eigenvalue weighted by Gasteiger charge is 2.22. The van der Waals surface area contributed by atoms with Gasteiger partial charge in [-0.3, -0.25) is 10.1 Å². The molecule has 1 aromatic carbocycles. The summed E-state index contributed by atoms with van der Waals surface area (Å²) in [4.78, 5) is 20.7. The summed E-state index contributed by atoms with van der Waals surface area (Å²) in [5, 5.41) is 26.4. The topological polar surface area (TPSA) is 145 Å². The van der Waals surface area contributed by atoms with Crippen molar-refractivity contribution in [1.29, 1.82) is 0 Å². The lowest BCUT2D eigenvalue weighted by Crippen LogP contribution is -2.20. The number of carboxylic acids is 1. The molecule has 0 fully saturated rings. The van der Waals surface area contributed by atoms with Crippen LogP contribution < -0.4 is 5.73 Å². The number of hydrogen-bond acceptors (Lipinski definition) is 7. The smallest absolute Gasteiger partial charge is 0.330 e. The highest BCUT2D eigenvalue weighted by molar-refractivity contribution is 5.73. The molecule has 1 aromatic heterocycles. The number of benzene rings is 1. The van der Waals surface area contributed by atoms with Gasteiger partial charge in [0.1, 0.15) is 0 Å². The first kappa shape index (κ1) is 12.6. The van der Waals surface area contributed by atoms with Gasteiger partial charge >= 0.3 is 5.97 Å². The zero-order valence-electron chi connectivity index (χ0n) is 9.39. The van der Waals surface area contributed by atoms with Crippen LogP contribution in [0.1, 0.15) is 11.9 Å². The first-order valence-electron chi connectivity index (χ1n) is 5.05. The zero-order chi connectivity index (χ0) is 14.0. The summed E-state index contributed by atoms with van der Waals surface area (Å²) >= 11 is 0. The molecule has 0 bridgehead atoms. The Bertz CT molecular complexity index is 638. The second-order valence-corrected chi connectivity index (χ2v) is 3.57. The van der Waals surface area contributed by atoms with Gasteiger partial charge in [0, 0.05) is 17.7 Å². The number of nitro groups is 1. The molecule has 98 valence electrons. The number of nitrogens with zero attached hydrogens (tertiary/aromatic N) is 3. The van der Waals surface area contributed by atoms with Crippen LogP contribution in [0, 0.1) is 10.1 Å². The van der Waals surface area contributed by atoms with Gasteiger partial charge in [-0.1, -0.05) is 6.07 Å². The molecule has 1 atom stereocenters.